The van der Waals surface area contributed by atoms with Crippen molar-refractivity contribution in [3.8, 4) is 44.5 Å². The summed E-state index contributed by atoms with van der Waals surface area (Å²) in [4.78, 5) is 16.0. The van der Waals surface area contributed by atoms with Crippen LogP contribution in [0.1, 0.15) is 13.3 Å². The van der Waals surface area contributed by atoms with E-state index in [1.807, 2.05) is 82.9 Å². The molecule has 0 bridgehead atoms. The smallest absolute Gasteiger partial charge is 0.344 e. The summed E-state index contributed by atoms with van der Waals surface area (Å²) in [5, 5.41) is 17.8. The molecule has 0 spiro atoms. The average molecular weight is 516 g/mol. The molecule has 1 unspecified atom stereocenters. The number of carboxylic acids is 1. The van der Waals surface area contributed by atoms with Crippen molar-refractivity contribution in [2.45, 2.75) is 19.4 Å². The fourth-order valence-electron chi connectivity index (χ4n) is 3.96. The first-order valence-electron chi connectivity index (χ1n) is 11.4. The molecule has 1 atom stereocenters. The van der Waals surface area contributed by atoms with Crippen LogP contribution < -0.4 is 4.74 Å². The summed E-state index contributed by atoms with van der Waals surface area (Å²) in [6.07, 6.45) is 1.25. The quantitative estimate of drug-likeness (QED) is 0.236. The molecule has 0 amide bonds. The molecule has 0 saturated carbocycles. The number of carboxylic acid groups (broad SMARTS) is 1. The van der Waals surface area contributed by atoms with Gasteiger partial charge in [-0.05, 0) is 60.0 Å². The molecule has 0 aliphatic carbocycles. The number of halogens is 1. The number of hydrogen-bond donors (Lipinski definition) is 1. The van der Waals surface area contributed by atoms with E-state index in [2.05, 4.69) is 4.98 Å². The lowest BCUT2D eigenvalue weighted by Crippen LogP contribution is -2.25. The van der Waals surface area contributed by atoms with Gasteiger partial charge in [-0.2, -0.15) is 5.10 Å². The van der Waals surface area contributed by atoms with Gasteiger partial charge in [0.1, 0.15) is 16.5 Å². The van der Waals surface area contributed by atoms with Crippen molar-refractivity contribution in [2.75, 3.05) is 0 Å². The van der Waals surface area contributed by atoms with Gasteiger partial charge in [-0.15, -0.1) is 11.3 Å². The van der Waals surface area contributed by atoms with E-state index < -0.39 is 12.1 Å². The molecule has 0 aliphatic heterocycles. The second-order valence-corrected chi connectivity index (χ2v) is 9.40. The minimum absolute atomic E-state index is 0.373. The number of rotatable bonds is 8. The topological polar surface area (TPSA) is 77.2 Å². The molecule has 5 aromatic rings. The lowest BCUT2D eigenvalue weighted by atomic mass is 9.97. The van der Waals surface area contributed by atoms with E-state index in [-0.39, 0.29) is 0 Å². The normalized spacial score (nSPS) is 11.8. The minimum Gasteiger partial charge on any atom is -0.479 e. The highest BCUT2D eigenvalue weighted by molar-refractivity contribution is 7.13. The number of nitrogens with zero attached hydrogens (tertiary/aromatic N) is 3. The number of thiazole rings is 1. The number of aromatic nitrogens is 3. The fourth-order valence-corrected chi connectivity index (χ4v) is 4.73. The van der Waals surface area contributed by atoms with Gasteiger partial charge in [0.25, 0.3) is 0 Å². The van der Waals surface area contributed by atoms with E-state index in [1.165, 1.54) is 0 Å². The third-order valence-electron chi connectivity index (χ3n) is 5.70. The predicted octanol–water partition coefficient (Wildman–Crippen LogP) is 7.23. The predicted molar refractivity (Wildman–Crippen MR) is 143 cm³/mol. The lowest BCUT2D eigenvalue weighted by Gasteiger charge is -2.15. The van der Waals surface area contributed by atoms with Gasteiger partial charge in [0.2, 0.25) is 0 Å². The third-order valence-corrected chi connectivity index (χ3v) is 6.75. The van der Waals surface area contributed by atoms with Gasteiger partial charge in [0.15, 0.2) is 6.10 Å². The molecular weight excluding hydrogens is 494 g/mol. The van der Waals surface area contributed by atoms with E-state index in [0.29, 0.717) is 17.2 Å². The summed E-state index contributed by atoms with van der Waals surface area (Å²) >= 11 is 7.66. The summed E-state index contributed by atoms with van der Waals surface area (Å²) in [5.41, 5.74) is 5.34. The van der Waals surface area contributed by atoms with Crippen LogP contribution in [0, 0.1) is 0 Å². The Hall–Kier alpha value is -3.94. The molecule has 0 aliphatic rings. The van der Waals surface area contributed by atoms with E-state index in [4.69, 9.17) is 21.4 Å². The number of aliphatic carboxylic acids is 1. The molecule has 0 fully saturated rings. The third kappa shape index (κ3) is 4.89. The molecule has 0 radical (unpaired) electrons. The Balaban J connectivity index is 1.59. The maximum Gasteiger partial charge on any atom is 0.344 e. The van der Waals surface area contributed by atoms with Crippen molar-refractivity contribution in [3.63, 3.8) is 0 Å². The molecular formula is C28H22ClN3O3S. The van der Waals surface area contributed by atoms with Crippen LogP contribution >= 0.6 is 22.9 Å². The second-order valence-electron chi connectivity index (χ2n) is 8.07. The lowest BCUT2D eigenvalue weighted by molar-refractivity contribution is -0.145. The van der Waals surface area contributed by atoms with Crippen LogP contribution in [0.15, 0.2) is 90.4 Å². The van der Waals surface area contributed by atoms with Crippen molar-refractivity contribution >= 4 is 28.9 Å². The van der Waals surface area contributed by atoms with Crippen LogP contribution in [0.25, 0.3) is 38.8 Å². The monoisotopic (exact) mass is 515 g/mol. The van der Waals surface area contributed by atoms with Crippen molar-refractivity contribution in [1.29, 1.82) is 0 Å². The van der Waals surface area contributed by atoms with E-state index in [1.54, 1.807) is 30.5 Å². The number of hydrogen-bond acceptors (Lipinski definition) is 5. The van der Waals surface area contributed by atoms with Crippen LogP contribution in [0.2, 0.25) is 5.02 Å². The first kappa shape index (κ1) is 23.8. The van der Waals surface area contributed by atoms with Crippen LogP contribution in [0.3, 0.4) is 0 Å². The summed E-state index contributed by atoms with van der Waals surface area (Å²) in [7, 11) is 0. The minimum atomic E-state index is -0.981. The summed E-state index contributed by atoms with van der Waals surface area (Å²) < 4.78 is 7.61. The van der Waals surface area contributed by atoms with Gasteiger partial charge in [-0.3, -0.25) is 0 Å². The molecule has 0 saturated heterocycles. The maximum absolute atomic E-state index is 11.4. The highest BCUT2D eigenvalue weighted by atomic mass is 35.5. The number of carbonyl (C=O) groups is 1. The van der Waals surface area contributed by atoms with Gasteiger partial charge in [0, 0.05) is 22.2 Å². The molecule has 2 aromatic heterocycles. The maximum atomic E-state index is 11.4. The zero-order chi connectivity index (χ0) is 25.1. The molecule has 8 heteroatoms. The summed E-state index contributed by atoms with van der Waals surface area (Å²) in [6, 6.07) is 25.0. The molecule has 6 nitrogen and oxygen atoms in total. The average Bonchev–Trinajstić information content (AvgIpc) is 3.58. The molecule has 180 valence electrons. The Bertz CT molecular complexity index is 1500. The van der Waals surface area contributed by atoms with E-state index in [0.717, 1.165) is 38.8 Å². The Kier molecular flexibility index (Phi) is 6.84. The number of ether oxygens (including phenoxy) is 1. The van der Waals surface area contributed by atoms with Gasteiger partial charge in [-0.1, -0.05) is 54.9 Å². The SMILES string of the molecule is CCC(Oc1cccc(-c2ccccc2-c2cc(-c3nccs3)n(-c3ccc(Cl)cc3)n2)c1)C(=O)O. The Morgan fingerprint density at radius 2 is 1.83 bits per heavy atom. The first-order chi connectivity index (χ1) is 17.5. The van der Waals surface area contributed by atoms with Crippen molar-refractivity contribution in [1.82, 2.24) is 14.8 Å². The van der Waals surface area contributed by atoms with Gasteiger partial charge < -0.3 is 9.84 Å². The highest BCUT2D eigenvalue weighted by Gasteiger charge is 2.19. The second kappa shape index (κ2) is 10.4. The Labute approximate surface area is 217 Å². The Morgan fingerprint density at radius 3 is 2.53 bits per heavy atom. The van der Waals surface area contributed by atoms with Crippen LogP contribution in [0.4, 0.5) is 0 Å². The largest absolute Gasteiger partial charge is 0.479 e. The molecule has 36 heavy (non-hydrogen) atoms. The summed E-state index contributed by atoms with van der Waals surface area (Å²) in [6.45, 7) is 1.79. The molecule has 5 rings (SSSR count). The zero-order valence-corrected chi connectivity index (χ0v) is 20.9. The molecule has 1 N–H and O–H groups in total. The van der Waals surface area contributed by atoms with Crippen LogP contribution in [0.5, 0.6) is 5.75 Å². The van der Waals surface area contributed by atoms with Crippen LogP contribution in [-0.4, -0.2) is 31.9 Å². The Morgan fingerprint density at radius 1 is 1.06 bits per heavy atom. The first-order valence-corrected chi connectivity index (χ1v) is 12.6. The van der Waals surface area contributed by atoms with Crippen LogP contribution in [-0.2, 0) is 4.79 Å². The van der Waals surface area contributed by atoms with Crippen molar-refractivity contribution in [3.05, 3.63) is 95.5 Å². The fraction of sp³-hybridized carbons (Fsp3) is 0.107. The molecule has 3 aromatic carbocycles. The zero-order valence-electron chi connectivity index (χ0n) is 19.3. The van der Waals surface area contributed by atoms with Gasteiger partial charge in [-0.25, -0.2) is 14.5 Å². The highest BCUT2D eigenvalue weighted by Crippen LogP contribution is 2.36. The van der Waals surface area contributed by atoms with Crippen molar-refractivity contribution in [2.24, 2.45) is 0 Å². The van der Waals surface area contributed by atoms with Crippen molar-refractivity contribution < 1.29 is 14.6 Å². The standard InChI is InChI=1S/C28H22ClN3O3S/c1-2-26(28(33)34)35-21-7-5-6-18(16-21)22-8-3-4-9-23(22)24-17-25(27-30-14-15-36-27)32(31-24)20-12-10-19(29)11-13-20/h3-17,26H,2H2,1H3,(H,33,34). The molecule has 2 heterocycles. The van der Waals surface area contributed by atoms with E-state index in [9.17, 15) is 9.90 Å². The summed E-state index contributed by atoms with van der Waals surface area (Å²) in [5.74, 6) is -0.475. The van der Waals surface area contributed by atoms with Gasteiger partial charge in [0.05, 0.1) is 11.4 Å². The van der Waals surface area contributed by atoms with Gasteiger partial charge >= 0.3 is 5.97 Å². The van der Waals surface area contributed by atoms with E-state index >= 15 is 0 Å². The number of benzene rings is 3.